The number of carbonyl (C=O) groups excluding carboxylic acids is 1. The first kappa shape index (κ1) is 11.3. The number of hydrogen-bond donors (Lipinski definition) is 0. The Labute approximate surface area is 101 Å². The topological polar surface area (TPSA) is 22.0 Å². The SMILES string of the molecule is O=Cc1c2n(c3ccc(F)cc13)CCC(F)(F)C2. The summed E-state index contributed by atoms with van der Waals surface area (Å²) >= 11 is 0. The summed E-state index contributed by atoms with van der Waals surface area (Å²) < 4.78 is 41.7. The number of benzene rings is 1. The van der Waals surface area contributed by atoms with E-state index in [4.69, 9.17) is 0 Å². The zero-order valence-electron chi connectivity index (χ0n) is 9.42. The van der Waals surface area contributed by atoms with Gasteiger partial charge in [0.05, 0.1) is 6.42 Å². The Balaban J connectivity index is 2.33. The van der Waals surface area contributed by atoms with E-state index < -0.39 is 18.2 Å². The Morgan fingerprint density at radius 3 is 2.83 bits per heavy atom. The zero-order valence-corrected chi connectivity index (χ0v) is 9.42. The molecule has 0 bridgehead atoms. The minimum Gasteiger partial charge on any atom is -0.343 e. The van der Waals surface area contributed by atoms with Gasteiger partial charge in [-0.15, -0.1) is 0 Å². The van der Waals surface area contributed by atoms with Gasteiger partial charge in [0, 0.05) is 35.1 Å². The molecule has 0 atom stereocenters. The van der Waals surface area contributed by atoms with Gasteiger partial charge in [-0.3, -0.25) is 4.79 Å². The molecule has 0 spiro atoms. The first-order valence-corrected chi connectivity index (χ1v) is 5.65. The molecule has 94 valence electrons. The molecule has 0 saturated heterocycles. The molecule has 0 N–H and O–H groups in total. The van der Waals surface area contributed by atoms with Crippen LogP contribution >= 0.6 is 0 Å². The molecule has 0 amide bonds. The highest BCUT2D eigenvalue weighted by molar-refractivity contribution is 5.99. The molecule has 1 aliphatic rings. The second-order valence-electron chi connectivity index (χ2n) is 4.57. The Morgan fingerprint density at radius 2 is 2.11 bits per heavy atom. The molecule has 3 rings (SSSR count). The highest BCUT2D eigenvalue weighted by Crippen LogP contribution is 2.36. The van der Waals surface area contributed by atoms with Crippen LogP contribution in [-0.4, -0.2) is 16.8 Å². The molecule has 1 aromatic heterocycles. The fourth-order valence-corrected chi connectivity index (χ4v) is 2.59. The van der Waals surface area contributed by atoms with Gasteiger partial charge in [-0.25, -0.2) is 13.2 Å². The molecular weight excluding hydrogens is 243 g/mol. The first-order chi connectivity index (χ1) is 8.52. The second-order valence-corrected chi connectivity index (χ2v) is 4.57. The van der Waals surface area contributed by atoms with Crippen LogP contribution in [0.1, 0.15) is 22.5 Å². The monoisotopic (exact) mass is 253 g/mol. The normalized spacial score (nSPS) is 17.7. The largest absolute Gasteiger partial charge is 0.343 e. The molecule has 1 aliphatic heterocycles. The molecule has 2 nitrogen and oxygen atoms in total. The van der Waals surface area contributed by atoms with E-state index in [2.05, 4.69) is 0 Å². The van der Waals surface area contributed by atoms with E-state index in [1.54, 1.807) is 4.57 Å². The van der Waals surface area contributed by atoms with Gasteiger partial charge in [-0.1, -0.05) is 0 Å². The van der Waals surface area contributed by atoms with Gasteiger partial charge in [0.1, 0.15) is 5.82 Å². The van der Waals surface area contributed by atoms with Crippen LogP contribution in [0.15, 0.2) is 18.2 Å². The van der Waals surface area contributed by atoms with E-state index in [0.717, 1.165) is 0 Å². The molecule has 5 heteroatoms. The average Bonchev–Trinajstić information content (AvgIpc) is 2.59. The van der Waals surface area contributed by atoms with Crippen LogP contribution < -0.4 is 0 Å². The number of rotatable bonds is 1. The predicted molar refractivity (Wildman–Crippen MR) is 60.6 cm³/mol. The van der Waals surface area contributed by atoms with Crippen molar-refractivity contribution in [1.82, 2.24) is 4.57 Å². The Kier molecular flexibility index (Phi) is 2.27. The molecule has 0 aliphatic carbocycles. The second kappa shape index (κ2) is 3.60. The van der Waals surface area contributed by atoms with Crippen molar-refractivity contribution < 1.29 is 18.0 Å². The van der Waals surface area contributed by atoms with Gasteiger partial charge in [-0.05, 0) is 18.2 Å². The Bertz CT molecular complexity index is 645. The highest BCUT2D eigenvalue weighted by atomic mass is 19.3. The maximum absolute atomic E-state index is 13.4. The van der Waals surface area contributed by atoms with Crippen molar-refractivity contribution in [2.45, 2.75) is 25.3 Å². The third kappa shape index (κ3) is 1.54. The van der Waals surface area contributed by atoms with E-state index >= 15 is 0 Å². The molecule has 0 fully saturated rings. The lowest BCUT2D eigenvalue weighted by Gasteiger charge is -2.24. The summed E-state index contributed by atoms with van der Waals surface area (Å²) in [6.45, 7) is 0.151. The number of nitrogens with zero attached hydrogens (tertiary/aromatic N) is 1. The standard InChI is InChI=1S/C13H10F3NO/c14-8-1-2-11-9(5-8)10(7-18)12-6-13(15,16)3-4-17(11)12/h1-2,5,7H,3-4,6H2. The average molecular weight is 253 g/mol. The molecule has 0 saturated carbocycles. The summed E-state index contributed by atoms with van der Waals surface area (Å²) in [6.07, 6.45) is -0.175. The minimum atomic E-state index is -2.79. The van der Waals surface area contributed by atoms with Crippen molar-refractivity contribution in [2.75, 3.05) is 0 Å². The Morgan fingerprint density at radius 1 is 1.33 bits per heavy atom. The van der Waals surface area contributed by atoms with E-state index in [1.165, 1.54) is 18.2 Å². The van der Waals surface area contributed by atoms with Crippen molar-refractivity contribution in [3.63, 3.8) is 0 Å². The van der Waals surface area contributed by atoms with Gasteiger partial charge in [0.25, 0.3) is 5.92 Å². The first-order valence-electron chi connectivity index (χ1n) is 5.65. The third-order valence-electron chi connectivity index (χ3n) is 3.42. The Hall–Kier alpha value is -1.78. The van der Waals surface area contributed by atoms with Crippen LogP contribution in [0.2, 0.25) is 0 Å². The lowest BCUT2D eigenvalue weighted by molar-refractivity contribution is -0.0220. The minimum absolute atomic E-state index is 0.151. The van der Waals surface area contributed by atoms with Crippen LogP contribution in [0.4, 0.5) is 13.2 Å². The number of aldehydes is 1. The van der Waals surface area contributed by atoms with E-state index in [1.807, 2.05) is 0 Å². The fraction of sp³-hybridized carbons (Fsp3) is 0.308. The van der Waals surface area contributed by atoms with Gasteiger partial charge in [0.2, 0.25) is 0 Å². The number of carbonyl (C=O) groups is 1. The fourth-order valence-electron chi connectivity index (χ4n) is 2.59. The van der Waals surface area contributed by atoms with Gasteiger partial charge in [0.15, 0.2) is 6.29 Å². The summed E-state index contributed by atoms with van der Waals surface area (Å²) in [6, 6.07) is 4.03. The van der Waals surface area contributed by atoms with E-state index in [-0.39, 0.29) is 18.5 Å². The van der Waals surface area contributed by atoms with Crippen LogP contribution in [0, 0.1) is 5.82 Å². The smallest absolute Gasteiger partial charge is 0.255 e. The van der Waals surface area contributed by atoms with E-state index in [9.17, 15) is 18.0 Å². The number of halogens is 3. The van der Waals surface area contributed by atoms with Crippen molar-refractivity contribution in [3.05, 3.63) is 35.3 Å². The summed E-state index contributed by atoms with van der Waals surface area (Å²) in [4.78, 5) is 11.1. The molecule has 0 unspecified atom stereocenters. The van der Waals surface area contributed by atoms with Crippen molar-refractivity contribution in [2.24, 2.45) is 0 Å². The molecular formula is C13H10F3NO. The van der Waals surface area contributed by atoms with Crippen LogP contribution in [0.5, 0.6) is 0 Å². The van der Waals surface area contributed by atoms with Crippen molar-refractivity contribution in [3.8, 4) is 0 Å². The number of aromatic nitrogens is 1. The highest BCUT2D eigenvalue weighted by Gasteiger charge is 2.36. The zero-order chi connectivity index (χ0) is 12.9. The molecule has 2 aromatic rings. The van der Waals surface area contributed by atoms with Crippen LogP contribution in [0.3, 0.4) is 0 Å². The maximum atomic E-state index is 13.4. The van der Waals surface area contributed by atoms with Gasteiger partial charge < -0.3 is 4.57 Å². The molecule has 0 radical (unpaired) electrons. The van der Waals surface area contributed by atoms with E-state index in [0.29, 0.717) is 22.9 Å². The third-order valence-corrected chi connectivity index (χ3v) is 3.42. The number of fused-ring (bicyclic) bond motifs is 3. The summed E-state index contributed by atoms with van der Waals surface area (Å²) in [5, 5.41) is 0.415. The van der Waals surface area contributed by atoms with Gasteiger partial charge >= 0.3 is 0 Å². The lowest BCUT2D eigenvalue weighted by atomic mass is 10.0. The lowest BCUT2D eigenvalue weighted by Crippen LogP contribution is -2.29. The van der Waals surface area contributed by atoms with Crippen LogP contribution in [-0.2, 0) is 13.0 Å². The van der Waals surface area contributed by atoms with Gasteiger partial charge in [-0.2, -0.15) is 0 Å². The predicted octanol–water partition coefficient (Wildman–Crippen LogP) is 3.17. The summed E-state index contributed by atoms with van der Waals surface area (Å²) in [7, 11) is 0. The maximum Gasteiger partial charge on any atom is 0.255 e. The molecule has 1 aromatic carbocycles. The quantitative estimate of drug-likeness (QED) is 0.715. The molecule has 18 heavy (non-hydrogen) atoms. The van der Waals surface area contributed by atoms with Crippen molar-refractivity contribution >= 4 is 17.2 Å². The number of hydrogen-bond acceptors (Lipinski definition) is 1. The summed E-state index contributed by atoms with van der Waals surface area (Å²) in [5.41, 5.74) is 1.13. The number of aryl methyl sites for hydroxylation is 1. The number of alkyl halides is 2. The molecule has 2 heterocycles. The van der Waals surface area contributed by atoms with Crippen molar-refractivity contribution in [1.29, 1.82) is 0 Å². The summed E-state index contributed by atoms with van der Waals surface area (Å²) in [5.74, 6) is -3.26. The van der Waals surface area contributed by atoms with Crippen LogP contribution in [0.25, 0.3) is 10.9 Å².